The predicted molar refractivity (Wildman–Crippen MR) is 99.6 cm³/mol. The smallest absolute Gasteiger partial charge is 0.135 e. The second kappa shape index (κ2) is 6.97. The van der Waals surface area contributed by atoms with Crippen LogP contribution >= 0.6 is 0 Å². The number of nitrogens with two attached hydrogens (primary N) is 1. The highest BCUT2D eigenvalue weighted by molar-refractivity contribution is 6.82. The van der Waals surface area contributed by atoms with Crippen LogP contribution in [0.4, 0.5) is 0 Å². The van der Waals surface area contributed by atoms with E-state index in [1.54, 1.807) is 0 Å². The van der Waals surface area contributed by atoms with E-state index in [9.17, 15) is 0 Å². The predicted octanol–water partition coefficient (Wildman–Crippen LogP) is 6.53. The van der Waals surface area contributed by atoms with Gasteiger partial charge in [-0.15, -0.1) is 0 Å². The monoisotopic (exact) mass is 321 g/mol. The van der Waals surface area contributed by atoms with Crippen LogP contribution in [0.15, 0.2) is 0 Å². The molecule has 3 aliphatic carbocycles. The summed E-state index contributed by atoms with van der Waals surface area (Å²) in [4.78, 5) is 0. The van der Waals surface area contributed by atoms with Crippen molar-refractivity contribution in [2.24, 2.45) is 11.3 Å². The van der Waals surface area contributed by atoms with Crippen LogP contribution in [0.1, 0.15) is 104 Å². The number of rotatable bonds is 3. The molecule has 3 rings (SSSR count). The van der Waals surface area contributed by atoms with Gasteiger partial charge in [0.1, 0.15) is 8.24 Å². The summed E-state index contributed by atoms with van der Waals surface area (Å²) in [5, 5.41) is 8.21. The van der Waals surface area contributed by atoms with Crippen LogP contribution in [-0.4, -0.2) is 8.24 Å². The summed E-state index contributed by atoms with van der Waals surface area (Å²) in [6, 6.07) is 0. The van der Waals surface area contributed by atoms with Crippen LogP contribution < -0.4 is 5.40 Å². The largest absolute Gasteiger partial charge is 0.350 e. The summed E-state index contributed by atoms with van der Waals surface area (Å²) in [7, 11) is -1.73. The molecule has 22 heavy (non-hydrogen) atoms. The van der Waals surface area contributed by atoms with E-state index in [4.69, 9.17) is 5.40 Å². The summed E-state index contributed by atoms with van der Waals surface area (Å²) < 4.78 is 0. The summed E-state index contributed by atoms with van der Waals surface area (Å²) in [5.41, 5.74) is 1.88. The zero-order valence-corrected chi connectivity index (χ0v) is 16.2. The summed E-state index contributed by atoms with van der Waals surface area (Å²) in [5.74, 6) is 0.877. The summed E-state index contributed by atoms with van der Waals surface area (Å²) in [6.45, 7) is 5.21. The molecule has 0 aromatic heterocycles. The molecule has 2 atom stereocenters. The van der Waals surface area contributed by atoms with E-state index in [0.29, 0.717) is 5.04 Å². The molecule has 0 aliphatic heterocycles. The molecule has 0 amide bonds. The van der Waals surface area contributed by atoms with Crippen LogP contribution in [0.5, 0.6) is 0 Å². The lowest BCUT2D eigenvalue weighted by atomic mass is 9.80. The third kappa shape index (κ3) is 2.83. The maximum atomic E-state index is 7.69. The fraction of sp³-hybridized carbons (Fsp3) is 1.00. The summed E-state index contributed by atoms with van der Waals surface area (Å²) >= 11 is 0. The van der Waals surface area contributed by atoms with Gasteiger partial charge in [-0.05, 0) is 28.5 Å². The van der Waals surface area contributed by atoms with E-state index in [1.807, 2.05) is 0 Å². The van der Waals surface area contributed by atoms with Gasteiger partial charge in [-0.2, -0.15) is 0 Å². The Labute approximate surface area is 139 Å². The van der Waals surface area contributed by atoms with Gasteiger partial charge < -0.3 is 5.40 Å². The highest BCUT2D eigenvalue weighted by Gasteiger charge is 2.58. The van der Waals surface area contributed by atoms with Gasteiger partial charge in [0.15, 0.2) is 0 Å². The first-order chi connectivity index (χ1) is 10.6. The van der Waals surface area contributed by atoms with Gasteiger partial charge in [-0.1, -0.05) is 97.3 Å². The molecule has 0 saturated heterocycles. The van der Waals surface area contributed by atoms with Crippen molar-refractivity contribution in [3.63, 3.8) is 0 Å². The van der Waals surface area contributed by atoms with Gasteiger partial charge in [-0.3, -0.25) is 0 Å². The minimum atomic E-state index is -1.73. The third-order valence-corrected chi connectivity index (χ3v) is 14.8. The molecular formula is C20H39NSi. The molecule has 3 saturated carbocycles. The van der Waals surface area contributed by atoms with Crippen molar-refractivity contribution in [3.05, 3.63) is 0 Å². The molecular weight excluding hydrogens is 282 g/mol. The number of hydrogen-bond donors (Lipinski definition) is 1. The molecule has 0 heterocycles. The Morgan fingerprint density at radius 3 is 1.64 bits per heavy atom. The van der Waals surface area contributed by atoms with Crippen LogP contribution in [0.25, 0.3) is 0 Å². The molecule has 3 aliphatic rings. The molecule has 2 unspecified atom stereocenters. The van der Waals surface area contributed by atoms with Crippen molar-refractivity contribution in [3.8, 4) is 0 Å². The quantitative estimate of drug-likeness (QED) is 0.587. The molecule has 2 N–H and O–H groups in total. The lowest BCUT2D eigenvalue weighted by Gasteiger charge is -2.59. The first-order valence-corrected chi connectivity index (χ1v) is 12.6. The van der Waals surface area contributed by atoms with E-state index in [1.165, 1.54) is 89.9 Å². The van der Waals surface area contributed by atoms with Crippen molar-refractivity contribution in [1.82, 2.24) is 0 Å². The van der Waals surface area contributed by atoms with Gasteiger partial charge in [0.2, 0.25) is 0 Å². The molecule has 128 valence electrons. The molecule has 0 radical (unpaired) electrons. The molecule has 3 fully saturated rings. The van der Waals surface area contributed by atoms with Crippen LogP contribution in [0, 0.1) is 5.92 Å². The average Bonchev–Trinajstić information content (AvgIpc) is 2.58. The Morgan fingerprint density at radius 1 is 0.727 bits per heavy atom. The van der Waals surface area contributed by atoms with Gasteiger partial charge >= 0.3 is 0 Å². The van der Waals surface area contributed by atoms with E-state index >= 15 is 0 Å². The van der Waals surface area contributed by atoms with Gasteiger partial charge in [-0.25, -0.2) is 0 Å². The van der Waals surface area contributed by atoms with E-state index in [2.05, 4.69) is 13.8 Å². The van der Waals surface area contributed by atoms with E-state index in [-0.39, 0.29) is 0 Å². The molecule has 1 nitrogen and oxygen atoms in total. The lowest BCUT2D eigenvalue weighted by Crippen LogP contribution is -2.65. The van der Waals surface area contributed by atoms with Crippen LogP contribution in [0.3, 0.4) is 0 Å². The minimum Gasteiger partial charge on any atom is -0.350 e. The Hall–Kier alpha value is 0.177. The lowest BCUT2D eigenvalue weighted by molar-refractivity contribution is 0.263. The molecule has 0 aromatic rings. The molecule has 0 spiro atoms. The minimum absolute atomic E-state index is 0.523. The van der Waals surface area contributed by atoms with Gasteiger partial charge in [0.25, 0.3) is 0 Å². The SMILES string of the molecule is CC1CCCCC1(C)[Si](N)(C1CCCCC1)C1CCCCC1. The molecule has 2 heteroatoms. The van der Waals surface area contributed by atoms with E-state index in [0.717, 1.165) is 17.0 Å². The van der Waals surface area contributed by atoms with Crippen molar-refractivity contribution in [2.75, 3.05) is 0 Å². The topological polar surface area (TPSA) is 26.0 Å². The van der Waals surface area contributed by atoms with Crippen molar-refractivity contribution in [2.45, 2.75) is 120 Å². The Balaban J connectivity index is 1.93. The molecule has 0 bridgehead atoms. The zero-order valence-electron chi connectivity index (χ0n) is 15.2. The second-order valence-corrected chi connectivity index (χ2v) is 13.8. The van der Waals surface area contributed by atoms with Crippen molar-refractivity contribution >= 4 is 8.24 Å². The van der Waals surface area contributed by atoms with Crippen molar-refractivity contribution in [1.29, 1.82) is 0 Å². The average molecular weight is 322 g/mol. The highest BCUT2D eigenvalue weighted by atomic mass is 28.3. The fourth-order valence-electron chi connectivity index (χ4n) is 6.58. The van der Waals surface area contributed by atoms with Crippen molar-refractivity contribution < 1.29 is 0 Å². The van der Waals surface area contributed by atoms with Crippen LogP contribution in [-0.2, 0) is 0 Å². The third-order valence-electron chi connectivity index (χ3n) is 8.22. The van der Waals surface area contributed by atoms with Gasteiger partial charge in [0, 0.05) is 0 Å². The van der Waals surface area contributed by atoms with Crippen LogP contribution in [0.2, 0.25) is 16.1 Å². The zero-order chi connectivity index (χ0) is 15.6. The normalized spacial score (nSPS) is 36.4. The Kier molecular flexibility index (Phi) is 5.39. The first-order valence-electron chi connectivity index (χ1n) is 10.4. The van der Waals surface area contributed by atoms with Gasteiger partial charge in [0.05, 0.1) is 0 Å². The fourth-order valence-corrected chi connectivity index (χ4v) is 13.4. The second-order valence-electron chi connectivity index (χ2n) is 9.17. The Bertz CT molecular complexity index is 339. The Morgan fingerprint density at radius 2 is 1.18 bits per heavy atom. The van der Waals surface area contributed by atoms with E-state index < -0.39 is 8.24 Å². The maximum Gasteiger partial charge on any atom is 0.135 e. The first kappa shape index (κ1) is 17.0. The summed E-state index contributed by atoms with van der Waals surface area (Å²) in [6.07, 6.45) is 20.5. The highest BCUT2D eigenvalue weighted by Crippen LogP contribution is 2.62. The maximum absolute atomic E-state index is 7.69. The number of hydrogen-bond acceptors (Lipinski definition) is 1. The standard InChI is InChI=1S/C20H39NSi/c1-17-11-9-10-16-20(17,2)22(21,18-12-5-3-6-13-18)19-14-7-4-8-15-19/h17-19H,3-16,21H2,1-2H3. The molecule has 0 aromatic carbocycles.